The number of amides is 2. The van der Waals surface area contributed by atoms with Gasteiger partial charge in [0.05, 0.1) is 19.2 Å². The maximum atomic E-state index is 12.2. The van der Waals surface area contributed by atoms with Crippen LogP contribution in [-0.4, -0.2) is 54.5 Å². The van der Waals surface area contributed by atoms with E-state index < -0.39 is 5.97 Å². The van der Waals surface area contributed by atoms with Crippen molar-refractivity contribution >= 4 is 29.1 Å². The second-order valence-electron chi connectivity index (χ2n) is 6.77. The molecular weight excluding hydrogens is 394 g/mol. The number of hydrogen-bond donors (Lipinski definition) is 1. The fourth-order valence-electron chi connectivity index (χ4n) is 3.10. The molecule has 0 saturated carbocycles. The lowest BCUT2D eigenvalue weighted by Crippen LogP contribution is -2.43. The van der Waals surface area contributed by atoms with Gasteiger partial charge >= 0.3 is 5.97 Å². The van der Waals surface area contributed by atoms with Crippen molar-refractivity contribution in [2.75, 3.05) is 26.8 Å². The number of piperidine rings is 1. The standard InChI is InChI=1S/C20H23N3O5S/c1-27-16-4-2-14(3-5-16)20-22-15(12-29-20)10-18(25)28-11-17(24)23-8-6-13(7-9-23)19(21)26/h2-5,12-13H,6-11H2,1H3,(H2,21,26). The molecule has 0 unspecified atom stereocenters. The van der Waals surface area contributed by atoms with Gasteiger partial charge in [0.25, 0.3) is 5.91 Å². The Labute approximate surface area is 172 Å². The molecule has 0 atom stereocenters. The predicted molar refractivity (Wildman–Crippen MR) is 107 cm³/mol. The van der Waals surface area contributed by atoms with Gasteiger partial charge in [0.15, 0.2) is 6.61 Å². The zero-order valence-corrected chi connectivity index (χ0v) is 16.9. The quantitative estimate of drug-likeness (QED) is 0.686. The van der Waals surface area contributed by atoms with E-state index in [1.165, 1.54) is 11.3 Å². The average molecular weight is 417 g/mol. The average Bonchev–Trinajstić information content (AvgIpc) is 3.20. The Morgan fingerprint density at radius 2 is 1.90 bits per heavy atom. The molecule has 1 aromatic carbocycles. The van der Waals surface area contributed by atoms with Crippen molar-refractivity contribution in [1.82, 2.24) is 9.88 Å². The lowest BCUT2D eigenvalue weighted by molar-refractivity contribution is -0.152. The summed E-state index contributed by atoms with van der Waals surface area (Å²) in [7, 11) is 1.61. The minimum atomic E-state index is -0.503. The van der Waals surface area contributed by atoms with Crippen molar-refractivity contribution in [3.8, 4) is 16.3 Å². The lowest BCUT2D eigenvalue weighted by atomic mass is 9.96. The van der Waals surface area contributed by atoms with Gasteiger partial charge in [0, 0.05) is 30.0 Å². The monoisotopic (exact) mass is 417 g/mol. The van der Waals surface area contributed by atoms with Crippen molar-refractivity contribution in [2.45, 2.75) is 19.3 Å². The van der Waals surface area contributed by atoms with Crippen LogP contribution in [0.4, 0.5) is 0 Å². The van der Waals surface area contributed by atoms with E-state index >= 15 is 0 Å². The van der Waals surface area contributed by atoms with E-state index in [-0.39, 0.29) is 30.8 Å². The van der Waals surface area contributed by atoms with E-state index in [2.05, 4.69) is 4.98 Å². The minimum Gasteiger partial charge on any atom is -0.497 e. The number of esters is 1. The summed E-state index contributed by atoms with van der Waals surface area (Å²) in [6.07, 6.45) is 1.09. The van der Waals surface area contributed by atoms with Crippen LogP contribution in [0.3, 0.4) is 0 Å². The summed E-state index contributed by atoms with van der Waals surface area (Å²) in [6.45, 7) is 0.581. The first-order valence-corrected chi connectivity index (χ1v) is 10.2. The molecular formula is C20H23N3O5S. The Morgan fingerprint density at radius 1 is 1.21 bits per heavy atom. The van der Waals surface area contributed by atoms with Gasteiger partial charge in [-0.25, -0.2) is 4.98 Å². The third-order valence-electron chi connectivity index (χ3n) is 4.82. The van der Waals surface area contributed by atoms with E-state index in [1.54, 1.807) is 17.4 Å². The fraction of sp³-hybridized carbons (Fsp3) is 0.400. The molecule has 29 heavy (non-hydrogen) atoms. The number of carbonyl (C=O) groups excluding carboxylic acids is 3. The number of primary amides is 1. The number of hydrogen-bond acceptors (Lipinski definition) is 7. The highest BCUT2D eigenvalue weighted by Gasteiger charge is 2.26. The molecule has 0 spiro atoms. The maximum Gasteiger partial charge on any atom is 0.312 e. The third-order valence-corrected chi connectivity index (χ3v) is 5.76. The lowest BCUT2D eigenvalue weighted by Gasteiger charge is -2.30. The largest absolute Gasteiger partial charge is 0.497 e. The number of ether oxygens (including phenoxy) is 2. The summed E-state index contributed by atoms with van der Waals surface area (Å²) in [5.74, 6) is -0.528. The molecule has 3 rings (SSSR count). The fourth-order valence-corrected chi connectivity index (χ4v) is 3.93. The first-order chi connectivity index (χ1) is 14.0. The molecule has 1 saturated heterocycles. The van der Waals surface area contributed by atoms with Crippen LogP contribution < -0.4 is 10.5 Å². The van der Waals surface area contributed by atoms with Crippen LogP contribution in [0.5, 0.6) is 5.75 Å². The molecule has 1 fully saturated rings. The number of thiazole rings is 1. The number of nitrogens with two attached hydrogens (primary N) is 1. The Kier molecular flexibility index (Phi) is 6.82. The van der Waals surface area contributed by atoms with Gasteiger partial charge in [0.1, 0.15) is 10.8 Å². The number of nitrogens with zero attached hydrogens (tertiary/aromatic N) is 2. The van der Waals surface area contributed by atoms with Crippen molar-refractivity contribution in [3.63, 3.8) is 0 Å². The number of aromatic nitrogens is 1. The predicted octanol–water partition coefficient (Wildman–Crippen LogP) is 1.63. The summed E-state index contributed by atoms with van der Waals surface area (Å²) in [4.78, 5) is 41.5. The van der Waals surface area contributed by atoms with Crippen LogP contribution in [0, 0.1) is 5.92 Å². The molecule has 1 aliphatic rings. The van der Waals surface area contributed by atoms with Crippen molar-refractivity contribution in [1.29, 1.82) is 0 Å². The molecule has 9 heteroatoms. The molecule has 0 bridgehead atoms. The number of rotatable bonds is 7. The normalized spacial score (nSPS) is 14.4. The minimum absolute atomic E-state index is 0.00365. The highest BCUT2D eigenvalue weighted by Crippen LogP contribution is 2.26. The zero-order chi connectivity index (χ0) is 20.8. The third kappa shape index (κ3) is 5.54. The van der Waals surface area contributed by atoms with Crippen molar-refractivity contribution < 1.29 is 23.9 Å². The van der Waals surface area contributed by atoms with Gasteiger partial charge < -0.3 is 20.1 Å². The molecule has 1 aromatic heterocycles. The second-order valence-corrected chi connectivity index (χ2v) is 7.63. The van der Waals surface area contributed by atoms with Crippen molar-refractivity contribution in [3.05, 3.63) is 35.3 Å². The van der Waals surface area contributed by atoms with E-state index in [1.807, 2.05) is 24.3 Å². The van der Waals surface area contributed by atoms with Crippen LogP contribution in [0.2, 0.25) is 0 Å². The van der Waals surface area contributed by atoms with E-state index in [0.717, 1.165) is 16.3 Å². The Hall–Kier alpha value is -2.94. The molecule has 0 aliphatic carbocycles. The Bertz CT molecular complexity index is 872. The molecule has 2 heterocycles. The molecule has 8 nitrogen and oxygen atoms in total. The first-order valence-electron chi connectivity index (χ1n) is 9.28. The Morgan fingerprint density at radius 3 is 2.52 bits per heavy atom. The summed E-state index contributed by atoms with van der Waals surface area (Å²) in [5, 5.41) is 2.60. The van der Waals surface area contributed by atoms with Gasteiger partial charge in [-0.1, -0.05) is 0 Å². The maximum absolute atomic E-state index is 12.2. The zero-order valence-electron chi connectivity index (χ0n) is 16.1. The number of benzene rings is 1. The van der Waals surface area contributed by atoms with Gasteiger partial charge in [-0.2, -0.15) is 0 Å². The number of carbonyl (C=O) groups is 3. The summed E-state index contributed by atoms with van der Waals surface area (Å²) < 4.78 is 10.2. The second kappa shape index (κ2) is 9.51. The van der Waals surface area contributed by atoms with Crippen LogP contribution in [-0.2, 0) is 25.5 Å². The van der Waals surface area contributed by atoms with Crippen LogP contribution >= 0.6 is 11.3 Å². The number of methoxy groups -OCH3 is 1. The van der Waals surface area contributed by atoms with E-state index in [9.17, 15) is 14.4 Å². The van der Waals surface area contributed by atoms with E-state index in [0.29, 0.717) is 31.6 Å². The molecule has 2 amide bonds. The van der Waals surface area contributed by atoms with E-state index in [4.69, 9.17) is 15.2 Å². The van der Waals surface area contributed by atoms with Crippen LogP contribution in [0.15, 0.2) is 29.6 Å². The molecule has 0 radical (unpaired) electrons. The SMILES string of the molecule is COc1ccc(-c2nc(CC(=O)OCC(=O)N3CCC(C(N)=O)CC3)cs2)cc1. The van der Waals surface area contributed by atoms with Gasteiger partial charge in [-0.05, 0) is 37.1 Å². The van der Waals surface area contributed by atoms with Crippen molar-refractivity contribution in [2.24, 2.45) is 11.7 Å². The Balaban J connectivity index is 1.45. The molecule has 154 valence electrons. The summed E-state index contributed by atoms with van der Waals surface area (Å²) in [5.41, 5.74) is 6.82. The topological polar surface area (TPSA) is 112 Å². The summed E-state index contributed by atoms with van der Waals surface area (Å²) >= 11 is 1.44. The molecule has 2 N–H and O–H groups in total. The highest BCUT2D eigenvalue weighted by atomic mass is 32.1. The van der Waals surface area contributed by atoms with Crippen LogP contribution in [0.25, 0.3) is 10.6 Å². The van der Waals surface area contributed by atoms with Crippen LogP contribution in [0.1, 0.15) is 18.5 Å². The van der Waals surface area contributed by atoms with Gasteiger partial charge in [-0.3, -0.25) is 14.4 Å². The van der Waals surface area contributed by atoms with Gasteiger partial charge in [0.2, 0.25) is 5.91 Å². The molecule has 2 aromatic rings. The number of likely N-dealkylation sites (tertiary alicyclic amines) is 1. The summed E-state index contributed by atoms with van der Waals surface area (Å²) in [6, 6.07) is 7.50. The van der Waals surface area contributed by atoms with Gasteiger partial charge in [-0.15, -0.1) is 11.3 Å². The molecule has 1 aliphatic heterocycles. The highest BCUT2D eigenvalue weighted by molar-refractivity contribution is 7.13. The smallest absolute Gasteiger partial charge is 0.312 e. The first kappa shape index (κ1) is 20.8.